The largest absolute Gasteiger partial charge is 0.471 e. The van der Waals surface area contributed by atoms with Gasteiger partial charge in [-0.3, -0.25) is 9.69 Å². The predicted molar refractivity (Wildman–Crippen MR) is 94.4 cm³/mol. The minimum Gasteiger partial charge on any atom is -0.380 e. The molecular weight excluding hydrogens is 347 g/mol. The zero-order chi connectivity index (χ0) is 19.8. The van der Waals surface area contributed by atoms with Crippen molar-refractivity contribution in [1.82, 2.24) is 9.80 Å². The van der Waals surface area contributed by atoms with Crippen molar-refractivity contribution in [2.24, 2.45) is 0 Å². The highest BCUT2D eigenvalue weighted by Crippen LogP contribution is 2.19. The number of alkyl halides is 3. The van der Waals surface area contributed by atoms with E-state index in [1.807, 2.05) is 11.0 Å². The summed E-state index contributed by atoms with van der Waals surface area (Å²) in [5, 5.41) is 8.37. The first-order chi connectivity index (χ1) is 12.4. The van der Waals surface area contributed by atoms with Gasteiger partial charge in [0.25, 0.3) is 0 Å². The zero-order valence-electron chi connectivity index (χ0n) is 15.1. The van der Waals surface area contributed by atoms with E-state index in [2.05, 4.69) is 13.2 Å². The highest BCUT2D eigenvalue weighted by atomic mass is 19.4. The van der Waals surface area contributed by atoms with E-state index in [4.69, 9.17) is 10.00 Å². The van der Waals surface area contributed by atoms with Crippen LogP contribution in [0.15, 0.2) is 25.3 Å². The molecule has 0 radical (unpaired) electrons. The Kier molecular flexibility index (Phi) is 13.3. The lowest BCUT2D eigenvalue weighted by atomic mass is 10.2. The standard InChI is InChI=1S/C18H28F3N3O2/c1-3-10-23(11-4-2)12-8-14-24(17(25)18(19,20)21)13-5-6-15-26-16-7-9-22/h3-4H,1-2,5-8,10-16H2. The molecule has 0 aliphatic rings. The summed E-state index contributed by atoms with van der Waals surface area (Å²) in [6, 6.07) is 1.94. The third-order valence-corrected chi connectivity index (χ3v) is 3.53. The van der Waals surface area contributed by atoms with Crippen LogP contribution in [-0.2, 0) is 9.53 Å². The molecule has 0 heterocycles. The van der Waals surface area contributed by atoms with Crippen LogP contribution in [-0.4, -0.2) is 67.8 Å². The zero-order valence-corrected chi connectivity index (χ0v) is 15.1. The Morgan fingerprint density at radius 2 is 1.65 bits per heavy atom. The minimum absolute atomic E-state index is 0.0306. The summed E-state index contributed by atoms with van der Waals surface area (Å²) in [6.07, 6.45) is 0.227. The summed E-state index contributed by atoms with van der Waals surface area (Å²) in [6.45, 7) is 9.81. The second-order valence-electron chi connectivity index (χ2n) is 5.71. The molecule has 0 aromatic rings. The van der Waals surface area contributed by atoms with Gasteiger partial charge in [-0.25, -0.2) is 0 Å². The Labute approximate surface area is 153 Å². The second kappa shape index (κ2) is 14.3. The molecule has 8 heteroatoms. The van der Waals surface area contributed by atoms with E-state index >= 15 is 0 Å². The van der Waals surface area contributed by atoms with Gasteiger partial charge in [-0.1, -0.05) is 12.2 Å². The van der Waals surface area contributed by atoms with Crippen molar-refractivity contribution in [1.29, 1.82) is 5.26 Å². The maximum Gasteiger partial charge on any atom is 0.471 e. The van der Waals surface area contributed by atoms with Crippen molar-refractivity contribution in [2.75, 3.05) is 45.9 Å². The number of rotatable bonds is 15. The van der Waals surface area contributed by atoms with Crippen molar-refractivity contribution in [3.8, 4) is 6.07 Å². The van der Waals surface area contributed by atoms with Gasteiger partial charge in [0.2, 0.25) is 0 Å². The van der Waals surface area contributed by atoms with Gasteiger partial charge in [0.05, 0.1) is 19.1 Å². The summed E-state index contributed by atoms with van der Waals surface area (Å²) in [5.74, 6) is -1.80. The number of ether oxygens (including phenoxy) is 1. The van der Waals surface area contributed by atoms with Crippen LogP contribution in [0.2, 0.25) is 0 Å². The van der Waals surface area contributed by atoms with Gasteiger partial charge in [-0.2, -0.15) is 18.4 Å². The average molecular weight is 375 g/mol. The van der Waals surface area contributed by atoms with E-state index in [1.54, 1.807) is 12.2 Å². The first kappa shape index (κ1) is 24.1. The minimum atomic E-state index is -4.87. The first-order valence-corrected chi connectivity index (χ1v) is 8.61. The fourth-order valence-corrected chi connectivity index (χ4v) is 2.33. The fourth-order valence-electron chi connectivity index (χ4n) is 2.33. The number of nitriles is 1. The summed E-state index contributed by atoms with van der Waals surface area (Å²) < 4.78 is 43.5. The van der Waals surface area contributed by atoms with E-state index in [1.165, 1.54) is 0 Å². The molecule has 0 bridgehead atoms. The number of unbranched alkanes of at least 4 members (excludes halogenated alkanes) is 1. The molecule has 1 amide bonds. The van der Waals surface area contributed by atoms with Crippen LogP contribution in [0.25, 0.3) is 0 Å². The fraction of sp³-hybridized carbons (Fsp3) is 0.667. The van der Waals surface area contributed by atoms with Crippen LogP contribution in [0.5, 0.6) is 0 Å². The molecule has 0 unspecified atom stereocenters. The molecule has 5 nitrogen and oxygen atoms in total. The van der Waals surface area contributed by atoms with Crippen LogP contribution in [0.3, 0.4) is 0 Å². The van der Waals surface area contributed by atoms with E-state index in [9.17, 15) is 18.0 Å². The Morgan fingerprint density at radius 1 is 1.04 bits per heavy atom. The Morgan fingerprint density at radius 3 is 2.19 bits per heavy atom. The topological polar surface area (TPSA) is 56.6 Å². The quantitative estimate of drug-likeness (QED) is 0.326. The average Bonchev–Trinajstić information content (AvgIpc) is 2.58. The van der Waals surface area contributed by atoms with E-state index in [-0.39, 0.29) is 19.5 Å². The number of amides is 1. The molecule has 0 spiro atoms. The van der Waals surface area contributed by atoms with E-state index in [0.717, 1.165) is 4.90 Å². The number of carbonyl (C=O) groups is 1. The number of hydrogen-bond donors (Lipinski definition) is 0. The van der Waals surface area contributed by atoms with Crippen molar-refractivity contribution in [3.05, 3.63) is 25.3 Å². The molecule has 0 aliphatic heterocycles. The van der Waals surface area contributed by atoms with Gasteiger partial charge in [0.1, 0.15) is 0 Å². The lowest BCUT2D eigenvalue weighted by Crippen LogP contribution is -2.43. The van der Waals surface area contributed by atoms with E-state index in [0.29, 0.717) is 52.1 Å². The summed E-state index contributed by atoms with van der Waals surface area (Å²) in [4.78, 5) is 14.4. The Balaban J connectivity index is 4.39. The third kappa shape index (κ3) is 11.7. The number of hydrogen-bond acceptors (Lipinski definition) is 4. The lowest BCUT2D eigenvalue weighted by molar-refractivity contribution is -0.185. The van der Waals surface area contributed by atoms with Crippen LogP contribution in [0.4, 0.5) is 13.2 Å². The van der Waals surface area contributed by atoms with Gasteiger partial charge in [0.15, 0.2) is 0 Å². The SMILES string of the molecule is C=CCN(CC=C)CCCN(CCCCOCCC#N)C(=O)C(F)(F)F. The Hall–Kier alpha value is -1.85. The maximum absolute atomic E-state index is 12.8. The van der Waals surface area contributed by atoms with Crippen LogP contribution >= 0.6 is 0 Å². The number of carbonyl (C=O) groups excluding carboxylic acids is 1. The molecule has 0 saturated heterocycles. The predicted octanol–water partition coefficient (Wildman–Crippen LogP) is 3.15. The van der Waals surface area contributed by atoms with Crippen molar-refractivity contribution < 1.29 is 22.7 Å². The summed E-state index contributed by atoms with van der Waals surface area (Å²) in [7, 11) is 0. The summed E-state index contributed by atoms with van der Waals surface area (Å²) >= 11 is 0. The molecule has 0 aromatic carbocycles. The maximum atomic E-state index is 12.8. The Bertz CT molecular complexity index is 452. The monoisotopic (exact) mass is 375 g/mol. The molecule has 0 rings (SSSR count). The summed E-state index contributed by atoms with van der Waals surface area (Å²) in [5.41, 5.74) is 0. The molecule has 0 atom stereocenters. The van der Waals surface area contributed by atoms with Gasteiger partial charge in [-0.05, 0) is 19.3 Å². The molecule has 0 N–H and O–H groups in total. The normalized spacial score (nSPS) is 11.2. The van der Waals surface area contributed by atoms with Crippen molar-refractivity contribution in [2.45, 2.75) is 31.9 Å². The van der Waals surface area contributed by atoms with Gasteiger partial charge in [-0.15, -0.1) is 13.2 Å². The third-order valence-electron chi connectivity index (χ3n) is 3.53. The van der Waals surface area contributed by atoms with Gasteiger partial charge < -0.3 is 9.64 Å². The van der Waals surface area contributed by atoms with Gasteiger partial charge >= 0.3 is 12.1 Å². The second-order valence-corrected chi connectivity index (χ2v) is 5.71. The van der Waals surface area contributed by atoms with E-state index < -0.39 is 12.1 Å². The molecule has 0 saturated carbocycles. The van der Waals surface area contributed by atoms with Crippen LogP contribution in [0.1, 0.15) is 25.7 Å². The molecule has 148 valence electrons. The van der Waals surface area contributed by atoms with Crippen molar-refractivity contribution in [3.63, 3.8) is 0 Å². The van der Waals surface area contributed by atoms with Crippen LogP contribution < -0.4 is 0 Å². The van der Waals surface area contributed by atoms with Crippen molar-refractivity contribution >= 4 is 5.91 Å². The van der Waals surface area contributed by atoms with Crippen LogP contribution in [0, 0.1) is 11.3 Å². The first-order valence-electron chi connectivity index (χ1n) is 8.61. The smallest absolute Gasteiger partial charge is 0.380 e. The highest BCUT2D eigenvalue weighted by molar-refractivity contribution is 5.81. The molecular formula is C18H28F3N3O2. The molecule has 0 aromatic heterocycles. The number of nitrogens with zero attached hydrogens (tertiary/aromatic N) is 3. The number of halogens is 3. The van der Waals surface area contributed by atoms with Gasteiger partial charge in [0, 0.05) is 39.3 Å². The highest BCUT2D eigenvalue weighted by Gasteiger charge is 2.42. The molecule has 26 heavy (non-hydrogen) atoms. The lowest BCUT2D eigenvalue weighted by Gasteiger charge is -2.25. The molecule has 0 aliphatic carbocycles. The molecule has 0 fully saturated rings.